The van der Waals surface area contributed by atoms with Crippen LogP contribution in [0.4, 0.5) is 28.8 Å². The molecule has 5 heterocycles. The van der Waals surface area contributed by atoms with E-state index < -0.39 is 13.1 Å². The van der Waals surface area contributed by atoms with Crippen LogP contribution in [0.5, 0.6) is 5.75 Å². The Hall–Kier alpha value is -5.03. The number of ether oxygens (including phenoxy) is 1. The number of imide groups is 1. The zero-order valence-electron chi connectivity index (χ0n) is 33.1. The summed E-state index contributed by atoms with van der Waals surface area (Å²) in [6.45, 7) is 10.5. The Bertz CT molecular complexity index is 2330. The van der Waals surface area contributed by atoms with Crippen molar-refractivity contribution in [1.82, 2.24) is 50.9 Å². The molecule has 2 aliphatic rings. The number of rotatable bonds is 16. The molecule has 19 heteroatoms. The second-order valence-corrected chi connectivity index (χ2v) is 18.8. The fourth-order valence-corrected chi connectivity index (χ4v) is 9.14. The van der Waals surface area contributed by atoms with Crippen LogP contribution >= 0.6 is 23.1 Å². The van der Waals surface area contributed by atoms with Crippen molar-refractivity contribution in [2.24, 2.45) is 0 Å². The number of anilines is 5. The number of methoxy groups -OCH3 is 1. The lowest BCUT2D eigenvalue weighted by atomic mass is 9.95. The van der Waals surface area contributed by atoms with E-state index in [1.54, 1.807) is 49.9 Å². The van der Waals surface area contributed by atoms with E-state index in [1.165, 1.54) is 5.56 Å². The van der Waals surface area contributed by atoms with Gasteiger partial charge in [-0.25, -0.2) is 4.98 Å². The topological polar surface area (TPSA) is 206 Å². The van der Waals surface area contributed by atoms with Crippen LogP contribution in [-0.2, 0) is 27.1 Å². The molecule has 7 rings (SSSR count). The smallest absolute Gasteiger partial charge is 0.235 e. The number of carbonyl (C=O) groups is 2. The summed E-state index contributed by atoms with van der Waals surface area (Å²) in [4.78, 5) is 44.2. The summed E-state index contributed by atoms with van der Waals surface area (Å²) in [5.41, 5.74) is 5.62. The number of aromatic nitrogens is 7. The van der Waals surface area contributed by atoms with Gasteiger partial charge < -0.3 is 35.5 Å². The lowest BCUT2D eigenvalue weighted by molar-refractivity contribution is -0.134. The first-order valence-electron chi connectivity index (χ1n) is 19.5. The van der Waals surface area contributed by atoms with Gasteiger partial charge in [-0.2, -0.15) is 4.98 Å². The van der Waals surface area contributed by atoms with Crippen molar-refractivity contribution in [2.45, 2.75) is 57.5 Å². The lowest BCUT2D eigenvalue weighted by Gasteiger charge is -2.35. The van der Waals surface area contributed by atoms with E-state index in [9.17, 15) is 14.2 Å². The monoisotopic (exact) mass is 873 g/mol. The first kappa shape index (κ1) is 41.1. The van der Waals surface area contributed by atoms with E-state index in [4.69, 9.17) is 9.72 Å². The van der Waals surface area contributed by atoms with Gasteiger partial charge in [-0.1, -0.05) is 12.1 Å². The third-order valence-corrected chi connectivity index (χ3v) is 12.5. The number of hydrogen-bond acceptors (Lipinski definition) is 15. The number of benzene rings is 2. The van der Waals surface area contributed by atoms with Gasteiger partial charge in [-0.15, -0.1) is 5.10 Å². The van der Waals surface area contributed by atoms with Crippen molar-refractivity contribution in [2.75, 3.05) is 68.7 Å². The molecule has 2 saturated heterocycles. The average molecular weight is 875 g/mol. The summed E-state index contributed by atoms with van der Waals surface area (Å²) in [7, 11) is -1.10. The number of piperidine rings is 2. The van der Waals surface area contributed by atoms with Crippen molar-refractivity contribution >= 4 is 80.1 Å². The molecule has 2 amide bonds. The molecule has 0 saturated carbocycles. The van der Waals surface area contributed by atoms with Crippen LogP contribution in [0.1, 0.15) is 49.8 Å². The number of nitrogens with zero attached hydrogens (tertiary/aromatic N) is 8. The fraction of sp³-hybridized carbons (Fsp3) is 0.436. The van der Waals surface area contributed by atoms with Gasteiger partial charge in [-0.3, -0.25) is 29.6 Å². The van der Waals surface area contributed by atoms with Crippen molar-refractivity contribution in [3.05, 3.63) is 64.8 Å². The minimum absolute atomic E-state index is 0.237. The maximum atomic E-state index is 13.5. The number of amides is 2. The van der Waals surface area contributed by atoms with Crippen molar-refractivity contribution in [3.63, 3.8) is 0 Å². The standard InChI is InChI=1S/C39H49BrN13O4P/c1-5-24-20-30(47-39-45-22-27(40)37(49-39)46-29-8-7-28-35(44-15-14-43-28)36(29)58(3,4)56)33(57-2)21-32(24)52-17-10-25(11-18-52)42-13-12-41-16-19-53-23-31(50-51-53)26-6-9-34(54)48-38(26)55/h7-8,14-15,20-23,25-26,41-42H,5-6,9-13,16-19H2,1-4H3,(H,48,54,55)(H2,45,46,47,49). The van der Waals surface area contributed by atoms with E-state index in [0.29, 0.717) is 75.1 Å². The fourth-order valence-electron chi connectivity index (χ4n) is 7.45. The largest absolute Gasteiger partial charge is 0.494 e. The Morgan fingerprint density at radius 1 is 1.00 bits per heavy atom. The molecule has 0 radical (unpaired) electrons. The first-order chi connectivity index (χ1) is 28.0. The number of halogens is 1. The van der Waals surface area contributed by atoms with Crippen LogP contribution in [0.3, 0.4) is 0 Å². The van der Waals surface area contributed by atoms with E-state index in [2.05, 4.69) is 91.7 Å². The van der Waals surface area contributed by atoms with Crippen molar-refractivity contribution in [1.29, 1.82) is 0 Å². The molecule has 0 bridgehead atoms. The highest BCUT2D eigenvalue weighted by Gasteiger charge is 2.30. The van der Waals surface area contributed by atoms with Crippen LogP contribution in [0.2, 0.25) is 0 Å². The van der Waals surface area contributed by atoms with Crippen LogP contribution in [-0.4, -0.2) is 106 Å². The summed E-state index contributed by atoms with van der Waals surface area (Å²) < 4.78 is 21.7. The highest BCUT2D eigenvalue weighted by Crippen LogP contribution is 2.42. The Balaban J connectivity index is 0.919. The highest BCUT2D eigenvalue weighted by molar-refractivity contribution is 9.10. The molecule has 0 spiro atoms. The van der Waals surface area contributed by atoms with Crippen LogP contribution in [0, 0.1) is 0 Å². The molecular formula is C39H49BrN13O4P. The van der Waals surface area contributed by atoms with Gasteiger partial charge in [0.2, 0.25) is 17.8 Å². The van der Waals surface area contributed by atoms with E-state index >= 15 is 0 Å². The maximum Gasteiger partial charge on any atom is 0.235 e. The minimum Gasteiger partial charge on any atom is -0.494 e. The molecule has 1 unspecified atom stereocenters. The number of aryl methyl sites for hydroxylation is 1. The molecular weight excluding hydrogens is 825 g/mol. The van der Waals surface area contributed by atoms with E-state index in [-0.39, 0.29) is 11.8 Å². The van der Waals surface area contributed by atoms with Gasteiger partial charge in [0, 0.05) is 81.7 Å². The average Bonchev–Trinajstić information content (AvgIpc) is 3.68. The molecule has 5 aromatic rings. The van der Waals surface area contributed by atoms with Gasteiger partial charge in [-0.05, 0) is 78.7 Å². The van der Waals surface area contributed by atoms with Gasteiger partial charge >= 0.3 is 0 Å². The Kier molecular flexibility index (Phi) is 13.0. The normalized spacial score (nSPS) is 16.4. The molecule has 0 aliphatic carbocycles. The lowest BCUT2D eigenvalue weighted by Crippen LogP contribution is -2.44. The molecule has 3 aromatic heterocycles. The number of carbonyl (C=O) groups excluding carboxylic acids is 2. The second kappa shape index (κ2) is 18.3. The number of nitrogens with one attached hydrogen (secondary N) is 5. The number of fused-ring (bicyclic) bond motifs is 1. The van der Waals surface area contributed by atoms with Gasteiger partial charge in [0.25, 0.3) is 0 Å². The summed E-state index contributed by atoms with van der Waals surface area (Å²) in [6, 6.07) is 8.34. The molecule has 5 N–H and O–H groups in total. The second-order valence-electron chi connectivity index (χ2n) is 14.8. The van der Waals surface area contributed by atoms with Crippen LogP contribution < -0.4 is 41.5 Å². The number of hydrogen-bond donors (Lipinski definition) is 5. The molecule has 306 valence electrons. The van der Waals surface area contributed by atoms with Gasteiger partial charge in [0.1, 0.15) is 24.2 Å². The van der Waals surface area contributed by atoms with E-state index in [1.807, 2.05) is 12.1 Å². The van der Waals surface area contributed by atoms with Crippen molar-refractivity contribution < 1.29 is 18.9 Å². The van der Waals surface area contributed by atoms with Gasteiger partial charge in [0.15, 0.2) is 0 Å². The van der Waals surface area contributed by atoms with E-state index in [0.717, 1.165) is 63.4 Å². The predicted octanol–water partition coefficient (Wildman–Crippen LogP) is 4.45. The van der Waals surface area contributed by atoms with Crippen LogP contribution in [0.15, 0.2) is 53.5 Å². The summed E-state index contributed by atoms with van der Waals surface area (Å²) in [5.74, 6) is 0.598. The summed E-state index contributed by atoms with van der Waals surface area (Å²) in [5, 5.41) is 25.2. The van der Waals surface area contributed by atoms with Gasteiger partial charge in [0.05, 0.1) is 51.9 Å². The maximum absolute atomic E-state index is 13.5. The van der Waals surface area contributed by atoms with Crippen LogP contribution in [0.25, 0.3) is 11.0 Å². The first-order valence-corrected chi connectivity index (χ1v) is 22.9. The van der Waals surface area contributed by atoms with Crippen molar-refractivity contribution in [3.8, 4) is 5.75 Å². The Morgan fingerprint density at radius 3 is 2.57 bits per heavy atom. The zero-order valence-corrected chi connectivity index (χ0v) is 35.6. The Labute approximate surface area is 345 Å². The molecule has 2 aromatic carbocycles. The molecule has 2 aliphatic heterocycles. The highest BCUT2D eigenvalue weighted by atomic mass is 79.9. The SMILES string of the molecule is CCc1cc(Nc2ncc(Br)c(Nc3ccc4nccnc4c3P(C)(C)=O)n2)c(OC)cc1N1CCC(NCCNCCn2cc(C3CCC(=O)NC3=O)nn2)CC1. The minimum atomic E-state index is -2.77. The third kappa shape index (κ3) is 9.63. The third-order valence-electron chi connectivity index (χ3n) is 10.4. The molecule has 17 nitrogen and oxygen atoms in total. The summed E-state index contributed by atoms with van der Waals surface area (Å²) in [6.07, 6.45) is 10.4. The summed E-state index contributed by atoms with van der Waals surface area (Å²) >= 11 is 3.58. The quantitative estimate of drug-likeness (QED) is 0.0528. The molecule has 58 heavy (non-hydrogen) atoms. The molecule has 2 fully saturated rings. The molecule has 1 atom stereocenters. The Morgan fingerprint density at radius 2 is 1.81 bits per heavy atom. The predicted molar refractivity (Wildman–Crippen MR) is 229 cm³/mol. The zero-order chi connectivity index (χ0) is 40.8.